The summed E-state index contributed by atoms with van der Waals surface area (Å²) in [6.07, 6.45) is 8.05. The van der Waals surface area contributed by atoms with Crippen LogP contribution in [-0.4, -0.2) is 49.4 Å². The summed E-state index contributed by atoms with van der Waals surface area (Å²) in [4.78, 5) is 27.2. The van der Waals surface area contributed by atoms with Crippen LogP contribution in [0.2, 0.25) is 0 Å². The summed E-state index contributed by atoms with van der Waals surface area (Å²) in [5.41, 5.74) is 2.06. The summed E-state index contributed by atoms with van der Waals surface area (Å²) in [5.74, 6) is 0.617. The van der Waals surface area contributed by atoms with Gasteiger partial charge in [-0.3, -0.25) is 4.79 Å². The Balaban J connectivity index is 1.42. The number of ether oxygens (including phenoxy) is 1. The zero-order valence-electron chi connectivity index (χ0n) is 19.3. The number of nitrogens with zero attached hydrogens (tertiary/aromatic N) is 1. The molecule has 178 valence electrons. The van der Waals surface area contributed by atoms with E-state index >= 15 is 0 Å². The highest BCUT2D eigenvalue weighted by Gasteiger charge is 2.38. The number of hydrogen-bond donors (Lipinski definition) is 0. The second kappa shape index (κ2) is 8.15. The van der Waals surface area contributed by atoms with Gasteiger partial charge in [0.1, 0.15) is 16.9 Å². The van der Waals surface area contributed by atoms with Crippen LogP contribution in [0.15, 0.2) is 21.3 Å². The molecule has 0 bridgehead atoms. The summed E-state index contributed by atoms with van der Waals surface area (Å²) in [6.45, 7) is 1.85. The Bertz CT molecular complexity index is 1270. The number of hydrogen-bond acceptors (Lipinski definition) is 6. The van der Waals surface area contributed by atoms with Crippen LogP contribution < -0.4 is 10.4 Å². The number of sulfone groups is 1. The van der Waals surface area contributed by atoms with E-state index in [-0.39, 0.29) is 35.5 Å². The van der Waals surface area contributed by atoms with Crippen LogP contribution in [0.25, 0.3) is 11.0 Å². The van der Waals surface area contributed by atoms with Gasteiger partial charge in [-0.1, -0.05) is 6.42 Å². The molecule has 1 spiro atoms. The van der Waals surface area contributed by atoms with Gasteiger partial charge in [-0.2, -0.15) is 0 Å². The van der Waals surface area contributed by atoms with E-state index in [1.165, 1.54) is 24.2 Å². The summed E-state index contributed by atoms with van der Waals surface area (Å²) in [5, 5.41) is 0.824. The first kappa shape index (κ1) is 22.4. The van der Waals surface area contributed by atoms with Crippen molar-refractivity contribution < 1.29 is 22.4 Å². The lowest BCUT2D eigenvalue weighted by molar-refractivity contribution is -0.130. The second-order valence-corrected chi connectivity index (χ2v) is 12.3. The number of carbonyl (C=O) groups excluding carboxylic acids is 1. The number of benzene rings is 1. The van der Waals surface area contributed by atoms with Crippen LogP contribution in [0.1, 0.15) is 61.6 Å². The predicted octanol–water partition coefficient (Wildman–Crippen LogP) is 3.32. The van der Waals surface area contributed by atoms with E-state index in [9.17, 15) is 18.0 Å². The smallest absolute Gasteiger partial charge is 0.340 e. The Morgan fingerprint density at radius 2 is 1.94 bits per heavy atom. The van der Waals surface area contributed by atoms with Crippen LogP contribution in [0.5, 0.6) is 5.75 Å². The van der Waals surface area contributed by atoms with E-state index in [2.05, 4.69) is 0 Å². The molecule has 0 radical (unpaired) electrons. The molecule has 1 unspecified atom stereocenters. The normalized spacial score (nSPS) is 23.3. The van der Waals surface area contributed by atoms with Gasteiger partial charge in [0, 0.05) is 24.5 Å². The van der Waals surface area contributed by atoms with Crippen molar-refractivity contribution >= 4 is 26.7 Å². The van der Waals surface area contributed by atoms with Crippen molar-refractivity contribution in [1.82, 2.24) is 4.90 Å². The van der Waals surface area contributed by atoms with Gasteiger partial charge < -0.3 is 14.1 Å². The van der Waals surface area contributed by atoms with Gasteiger partial charge in [0.05, 0.1) is 23.5 Å². The first-order chi connectivity index (χ1) is 15.7. The predicted molar refractivity (Wildman–Crippen MR) is 126 cm³/mol. The largest absolute Gasteiger partial charge is 0.487 e. The Labute approximate surface area is 194 Å². The van der Waals surface area contributed by atoms with Gasteiger partial charge in [0.25, 0.3) is 0 Å². The molecule has 0 N–H and O–H groups in total. The Kier molecular flexibility index (Phi) is 5.54. The summed E-state index contributed by atoms with van der Waals surface area (Å²) in [7, 11) is -1.49. The molecule has 1 aliphatic carbocycles. The van der Waals surface area contributed by atoms with Crippen LogP contribution >= 0.6 is 0 Å². The van der Waals surface area contributed by atoms with Gasteiger partial charge in [-0.25, -0.2) is 13.2 Å². The molecule has 2 aliphatic heterocycles. The molecule has 7 nitrogen and oxygen atoms in total. The molecule has 1 aromatic heterocycles. The molecule has 2 aromatic rings. The summed E-state index contributed by atoms with van der Waals surface area (Å²) < 4.78 is 35.7. The highest BCUT2D eigenvalue weighted by molar-refractivity contribution is 7.91. The van der Waals surface area contributed by atoms with E-state index in [0.29, 0.717) is 17.6 Å². The van der Waals surface area contributed by atoms with Crippen molar-refractivity contribution in [3.8, 4) is 5.75 Å². The van der Waals surface area contributed by atoms with E-state index in [1.54, 1.807) is 7.05 Å². The SMILES string of the molecule is Cc1c(CC(=O)N(C)C2CCS(=O)(=O)C2)c(=O)oc2cc3c(cc12)CCC1(CCCCC1)O3. The van der Waals surface area contributed by atoms with Gasteiger partial charge in [0.2, 0.25) is 5.91 Å². The maximum atomic E-state index is 12.9. The zero-order chi connectivity index (χ0) is 23.4. The highest BCUT2D eigenvalue weighted by Crippen LogP contribution is 2.43. The van der Waals surface area contributed by atoms with E-state index in [1.807, 2.05) is 19.1 Å². The van der Waals surface area contributed by atoms with E-state index in [4.69, 9.17) is 9.15 Å². The fraction of sp³-hybridized carbons (Fsp3) is 0.600. The third kappa shape index (κ3) is 4.18. The molecule has 1 atom stereocenters. The average Bonchev–Trinajstić information content (AvgIpc) is 3.15. The van der Waals surface area contributed by atoms with Gasteiger partial charge >= 0.3 is 5.63 Å². The summed E-state index contributed by atoms with van der Waals surface area (Å²) in [6, 6.07) is 3.54. The minimum atomic E-state index is -3.10. The first-order valence-corrected chi connectivity index (χ1v) is 13.7. The van der Waals surface area contributed by atoms with Crippen LogP contribution in [0, 0.1) is 6.92 Å². The van der Waals surface area contributed by atoms with Crippen molar-refractivity contribution in [3.63, 3.8) is 0 Å². The zero-order valence-corrected chi connectivity index (χ0v) is 20.1. The number of likely N-dealkylation sites (N-methyl/N-ethyl adjacent to an activating group) is 1. The Hall–Kier alpha value is -2.35. The topological polar surface area (TPSA) is 93.9 Å². The molecule has 33 heavy (non-hydrogen) atoms. The average molecular weight is 474 g/mol. The molecule has 1 aromatic carbocycles. The van der Waals surface area contributed by atoms with Crippen molar-refractivity contribution in [3.05, 3.63) is 39.2 Å². The van der Waals surface area contributed by atoms with Crippen molar-refractivity contribution in [2.75, 3.05) is 18.6 Å². The van der Waals surface area contributed by atoms with Crippen molar-refractivity contribution in [1.29, 1.82) is 0 Å². The fourth-order valence-corrected chi connectivity index (χ4v) is 7.49. The third-order valence-electron chi connectivity index (χ3n) is 7.89. The maximum absolute atomic E-state index is 12.9. The third-order valence-corrected chi connectivity index (χ3v) is 9.64. The molecule has 1 amide bonds. The molecule has 5 rings (SSSR count). The molecule has 8 heteroatoms. The molecule has 2 fully saturated rings. The lowest BCUT2D eigenvalue weighted by Crippen LogP contribution is -2.41. The van der Waals surface area contributed by atoms with E-state index in [0.717, 1.165) is 47.9 Å². The second-order valence-electron chi connectivity index (χ2n) is 10.0. The molecule has 3 heterocycles. The van der Waals surface area contributed by atoms with Crippen LogP contribution in [0.4, 0.5) is 0 Å². The molecule has 3 aliphatic rings. The number of fused-ring (bicyclic) bond motifs is 2. The monoisotopic (exact) mass is 473 g/mol. The standard InChI is InChI=1S/C25H31NO6S/c1-16-19-12-17-6-10-25(8-4-3-5-9-25)32-21(17)14-22(19)31-24(28)20(16)13-23(27)26(2)18-7-11-33(29,30)15-18/h12,14,18H,3-11,13,15H2,1-2H3. The lowest BCUT2D eigenvalue weighted by Gasteiger charge is -2.41. The van der Waals surface area contributed by atoms with E-state index < -0.39 is 15.5 Å². The molecular weight excluding hydrogens is 442 g/mol. The Morgan fingerprint density at radius 1 is 1.18 bits per heavy atom. The maximum Gasteiger partial charge on any atom is 0.340 e. The van der Waals surface area contributed by atoms with Crippen LogP contribution in [-0.2, 0) is 27.5 Å². The number of carbonyl (C=O) groups is 1. The van der Waals surface area contributed by atoms with Crippen molar-refractivity contribution in [2.24, 2.45) is 0 Å². The fourth-order valence-electron chi connectivity index (χ4n) is 5.71. The minimum Gasteiger partial charge on any atom is -0.487 e. The van der Waals surface area contributed by atoms with Gasteiger partial charge in [-0.15, -0.1) is 0 Å². The molecule has 1 saturated heterocycles. The number of aryl methyl sites for hydroxylation is 2. The van der Waals surface area contributed by atoms with Gasteiger partial charge in [0.15, 0.2) is 9.84 Å². The number of amides is 1. The summed E-state index contributed by atoms with van der Waals surface area (Å²) >= 11 is 0. The van der Waals surface area contributed by atoms with Crippen LogP contribution in [0.3, 0.4) is 0 Å². The quantitative estimate of drug-likeness (QED) is 0.635. The minimum absolute atomic E-state index is 0.0197. The van der Waals surface area contributed by atoms with Crippen molar-refractivity contribution in [2.45, 2.75) is 76.4 Å². The first-order valence-electron chi connectivity index (χ1n) is 11.9. The number of rotatable bonds is 3. The van der Waals surface area contributed by atoms with Gasteiger partial charge in [-0.05, 0) is 69.1 Å². The molecular formula is C25H31NO6S. The highest BCUT2D eigenvalue weighted by atomic mass is 32.2. The molecule has 1 saturated carbocycles. The lowest BCUT2D eigenvalue weighted by atomic mass is 9.79. The Morgan fingerprint density at radius 3 is 2.64 bits per heavy atom.